The monoisotopic (exact) mass is 359 g/mol. The van der Waals surface area contributed by atoms with Crippen molar-refractivity contribution in [2.45, 2.75) is 18.9 Å². The zero-order valence-corrected chi connectivity index (χ0v) is 14.3. The molecule has 1 amide bonds. The summed E-state index contributed by atoms with van der Waals surface area (Å²) in [5.74, 6) is -0.0835. The molecule has 1 aliphatic rings. The van der Waals surface area contributed by atoms with Gasteiger partial charge < -0.3 is 10.2 Å². The van der Waals surface area contributed by atoms with Crippen molar-refractivity contribution in [2.75, 3.05) is 18.4 Å². The molecule has 0 unspecified atom stereocenters. The minimum Gasteiger partial charge on any atom is -0.382 e. The van der Waals surface area contributed by atoms with Crippen molar-refractivity contribution in [1.82, 2.24) is 4.90 Å². The molecule has 0 aliphatic carbocycles. The van der Waals surface area contributed by atoms with Gasteiger partial charge in [0.2, 0.25) is 0 Å². The molecule has 130 valence electrons. The molecule has 1 saturated heterocycles. The molecule has 7 heteroatoms. The van der Waals surface area contributed by atoms with Gasteiger partial charge >= 0.3 is 0 Å². The molecular formula is C18H18ClN3O3. The Balaban J connectivity index is 1.55. The first-order valence-electron chi connectivity index (χ1n) is 8.09. The first-order chi connectivity index (χ1) is 12.0. The van der Waals surface area contributed by atoms with Crippen LogP contribution in [0.3, 0.4) is 0 Å². The van der Waals surface area contributed by atoms with Crippen LogP contribution >= 0.6 is 11.6 Å². The van der Waals surface area contributed by atoms with Gasteiger partial charge in [0.25, 0.3) is 11.6 Å². The van der Waals surface area contributed by atoms with E-state index in [0.717, 1.165) is 18.5 Å². The van der Waals surface area contributed by atoms with E-state index in [1.807, 2.05) is 24.3 Å². The fraction of sp³-hybridized carbons (Fsp3) is 0.278. The van der Waals surface area contributed by atoms with E-state index in [0.29, 0.717) is 29.7 Å². The van der Waals surface area contributed by atoms with Gasteiger partial charge in [-0.2, -0.15) is 0 Å². The Morgan fingerprint density at radius 2 is 1.68 bits per heavy atom. The Kier molecular flexibility index (Phi) is 5.19. The molecule has 2 aromatic carbocycles. The number of anilines is 1. The Hall–Kier alpha value is -2.60. The summed E-state index contributed by atoms with van der Waals surface area (Å²) >= 11 is 5.88. The van der Waals surface area contributed by atoms with Crippen LogP contribution in [0.4, 0.5) is 11.4 Å². The van der Waals surface area contributed by atoms with Gasteiger partial charge in [0.1, 0.15) is 0 Å². The van der Waals surface area contributed by atoms with Crippen LogP contribution in [0, 0.1) is 10.1 Å². The number of halogens is 1. The van der Waals surface area contributed by atoms with Crippen molar-refractivity contribution in [3.8, 4) is 0 Å². The highest BCUT2D eigenvalue weighted by atomic mass is 35.5. The third-order valence-electron chi connectivity index (χ3n) is 4.32. The SMILES string of the molecule is O=C(c1ccc([N+](=O)[O-])cc1)N1CCC(Nc2ccc(Cl)cc2)CC1. The maximum atomic E-state index is 12.5. The topological polar surface area (TPSA) is 75.5 Å². The summed E-state index contributed by atoms with van der Waals surface area (Å²) in [4.78, 5) is 24.5. The van der Waals surface area contributed by atoms with Crippen LogP contribution in [0.25, 0.3) is 0 Å². The number of non-ortho nitro benzene ring substituents is 1. The number of nitro benzene ring substituents is 1. The van der Waals surface area contributed by atoms with Gasteiger partial charge in [-0.1, -0.05) is 11.6 Å². The largest absolute Gasteiger partial charge is 0.382 e. The van der Waals surface area contributed by atoms with E-state index < -0.39 is 4.92 Å². The van der Waals surface area contributed by atoms with E-state index in [9.17, 15) is 14.9 Å². The standard InChI is InChI=1S/C18H18ClN3O3/c19-14-3-5-15(6-4-14)20-16-9-11-21(12-10-16)18(23)13-1-7-17(8-2-13)22(24)25/h1-8,16,20H,9-12H2. The number of benzene rings is 2. The lowest BCUT2D eigenvalue weighted by molar-refractivity contribution is -0.384. The maximum Gasteiger partial charge on any atom is 0.269 e. The van der Waals surface area contributed by atoms with Crippen molar-refractivity contribution >= 4 is 28.9 Å². The Morgan fingerprint density at radius 1 is 1.08 bits per heavy atom. The zero-order chi connectivity index (χ0) is 17.8. The predicted molar refractivity (Wildman–Crippen MR) is 97.1 cm³/mol. The van der Waals surface area contributed by atoms with Crippen molar-refractivity contribution in [3.05, 3.63) is 69.2 Å². The van der Waals surface area contributed by atoms with E-state index in [1.165, 1.54) is 24.3 Å². The molecule has 0 saturated carbocycles. The Morgan fingerprint density at radius 3 is 2.24 bits per heavy atom. The summed E-state index contributed by atoms with van der Waals surface area (Å²) in [5.41, 5.74) is 1.49. The molecule has 3 rings (SSSR count). The molecule has 1 N–H and O–H groups in total. The predicted octanol–water partition coefficient (Wildman–Crippen LogP) is 3.96. The van der Waals surface area contributed by atoms with Crippen molar-refractivity contribution in [2.24, 2.45) is 0 Å². The molecule has 1 heterocycles. The first kappa shape index (κ1) is 17.2. The summed E-state index contributed by atoms with van der Waals surface area (Å²) in [6, 6.07) is 13.6. The lowest BCUT2D eigenvalue weighted by atomic mass is 10.0. The molecule has 2 aromatic rings. The van der Waals surface area contributed by atoms with Crippen LogP contribution in [-0.2, 0) is 0 Å². The summed E-state index contributed by atoms with van der Waals surface area (Å²) in [6.45, 7) is 1.31. The maximum absolute atomic E-state index is 12.5. The van der Waals surface area contributed by atoms with E-state index in [-0.39, 0.29) is 11.6 Å². The zero-order valence-electron chi connectivity index (χ0n) is 13.5. The summed E-state index contributed by atoms with van der Waals surface area (Å²) < 4.78 is 0. The minimum absolute atomic E-state index is 0.0116. The van der Waals surface area contributed by atoms with Crippen LogP contribution < -0.4 is 5.32 Å². The highest BCUT2D eigenvalue weighted by Gasteiger charge is 2.24. The van der Waals surface area contributed by atoms with Crippen molar-refractivity contribution in [3.63, 3.8) is 0 Å². The van der Waals surface area contributed by atoms with Gasteiger partial charge in [-0.25, -0.2) is 0 Å². The van der Waals surface area contributed by atoms with Crippen molar-refractivity contribution < 1.29 is 9.72 Å². The highest BCUT2D eigenvalue weighted by Crippen LogP contribution is 2.20. The quantitative estimate of drug-likeness (QED) is 0.662. The number of nitro groups is 1. The number of hydrogen-bond acceptors (Lipinski definition) is 4. The van der Waals surface area contributed by atoms with E-state index in [2.05, 4.69) is 5.32 Å². The van der Waals surface area contributed by atoms with Crippen molar-refractivity contribution in [1.29, 1.82) is 0 Å². The number of piperidine rings is 1. The first-order valence-corrected chi connectivity index (χ1v) is 8.46. The second-order valence-corrected chi connectivity index (χ2v) is 6.46. The molecule has 1 fully saturated rings. The fourth-order valence-electron chi connectivity index (χ4n) is 2.92. The number of amides is 1. The van der Waals surface area contributed by atoms with Gasteiger partial charge in [-0.15, -0.1) is 0 Å². The lowest BCUT2D eigenvalue weighted by Crippen LogP contribution is -2.42. The van der Waals surface area contributed by atoms with Gasteiger partial charge in [0.05, 0.1) is 4.92 Å². The van der Waals surface area contributed by atoms with Gasteiger partial charge in [-0.05, 0) is 49.2 Å². The van der Waals surface area contributed by atoms with E-state index in [1.54, 1.807) is 4.90 Å². The number of nitrogens with zero attached hydrogens (tertiary/aromatic N) is 2. The number of hydrogen-bond donors (Lipinski definition) is 1. The summed E-state index contributed by atoms with van der Waals surface area (Å²) in [6.07, 6.45) is 1.70. The van der Waals surface area contributed by atoms with Gasteiger partial charge in [0, 0.05) is 47.5 Å². The number of carbonyl (C=O) groups is 1. The smallest absolute Gasteiger partial charge is 0.269 e. The molecule has 6 nitrogen and oxygen atoms in total. The molecule has 0 aromatic heterocycles. The normalized spacial score (nSPS) is 15.0. The third kappa shape index (κ3) is 4.28. The fourth-order valence-corrected chi connectivity index (χ4v) is 3.04. The molecule has 0 spiro atoms. The average Bonchev–Trinajstić information content (AvgIpc) is 2.64. The number of likely N-dealkylation sites (tertiary alicyclic amines) is 1. The van der Waals surface area contributed by atoms with Crippen LogP contribution in [0.1, 0.15) is 23.2 Å². The number of carbonyl (C=O) groups excluding carboxylic acids is 1. The van der Waals surface area contributed by atoms with Crippen LogP contribution in [0.2, 0.25) is 5.02 Å². The Bertz CT molecular complexity index is 754. The van der Waals surface area contributed by atoms with E-state index in [4.69, 9.17) is 11.6 Å². The second kappa shape index (κ2) is 7.53. The average molecular weight is 360 g/mol. The molecule has 25 heavy (non-hydrogen) atoms. The molecule has 0 bridgehead atoms. The van der Waals surface area contributed by atoms with Gasteiger partial charge in [-0.3, -0.25) is 14.9 Å². The summed E-state index contributed by atoms with van der Waals surface area (Å²) in [7, 11) is 0. The van der Waals surface area contributed by atoms with Crippen LogP contribution in [0.15, 0.2) is 48.5 Å². The van der Waals surface area contributed by atoms with Gasteiger partial charge in [0.15, 0.2) is 0 Å². The molecule has 1 aliphatic heterocycles. The van der Waals surface area contributed by atoms with E-state index >= 15 is 0 Å². The van der Waals surface area contributed by atoms with Crippen LogP contribution in [0.5, 0.6) is 0 Å². The number of rotatable bonds is 4. The van der Waals surface area contributed by atoms with Crippen LogP contribution in [-0.4, -0.2) is 34.9 Å². The molecule has 0 atom stereocenters. The molecule has 0 radical (unpaired) electrons. The highest BCUT2D eigenvalue weighted by molar-refractivity contribution is 6.30. The number of nitrogens with one attached hydrogen (secondary N) is 1. The molecular weight excluding hydrogens is 342 g/mol. The second-order valence-electron chi connectivity index (χ2n) is 6.02. The third-order valence-corrected chi connectivity index (χ3v) is 4.57. The Labute approximate surface area is 150 Å². The summed E-state index contributed by atoms with van der Waals surface area (Å²) in [5, 5.41) is 14.8. The lowest BCUT2D eigenvalue weighted by Gasteiger charge is -2.33. The minimum atomic E-state index is -0.470.